The van der Waals surface area contributed by atoms with E-state index in [9.17, 15) is 4.79 Å². The molecule has 3 nitrogen and oxygen atoms in total. The molecule has 3 fully saturated rings. The number of hydrogen-bond donors (Lipinski definition) is 0. The Labute approximate surface area is 153 Å². The van der Waals surface area contributed by atoms with Crippen molar-refractivity contribution in [3.63, 3.8) is 0 Å². The summed E-state index contributed by atoms with van der Waals surface area (Å²) in [5, 5.41) is 0. The fourth-order valence-corrected chi connectivity index (χ4v) is 5.50. The van der Waals surface area contributed by atoms with Crippen LogP contribution in [-0.4, -0.2) is 33.6 Å². The van der Waals surface area contributed by atoms with Crippen LogP contribution in [0.25, 0.3) is 0 Å². The summed E-state index contributed by atoms with van der Waals surface area (Å²) in [5.41, 5.74) is 1.22. The lowest BCUT2D eigenvalue weighted by atomic mass is 9.53. The summed E-state index contributed by atoms with van der Waals surface area (Å²) in [7, 11) is 0. The Morgan fingerprint density at radius 2 is 2.08 bits per heavy atom. The standard InChI is InChI=1S/C19H23NO2S2/c1-11-13-8-9-16(21)20-14(12-6-4-3-5-7-12)10-15(17(11)18(13)20)22-19(23)24-2/h3-7,11,13-15,17-18H,8-10H2,1-2H3/t11-,13-,14+,15?,17-,18-/m1/s1. The van der Waals surface area contributed by atoms with E-state index >= 15 is 0 Å². The minimum absolute atomic E-state index is 0.116. The Morgan fingerprint density at radius 3 is 2.79 bits per heavy atom. The van der Waals surface area contributed by atoms with Crippen molar-refractivity contribution in [2.75, 3.05) is 6.26 Å². The van der Waals surface area contributed by atoms with Crippen molar-refractivity contribution in [2.45, 2.75) is 44.4 Å². The molecule has 1 unspecified atom stereocenters. The highest BCUT2D eigenvalue weighted by Gasteiger charge is 2.61. The van der Waals surface area contributed by atoms with Gasteiger partial charge in [-0.3, -0.25) is 4.79 Å². The molecule has 1 aromatic rings. The third-order valence-corrected chi connectivity index (χ3v) is 7.26. The number of hydrogen-bond acceptors (Lipinski definition) is 4. The fraction of sp³-hybridized carbons (Fsp3) is 0.579. The number of nitrogens with zero attached hydrogens (tertiary/aromatic N) is 1. The Kier molecular flexibility index (Phi) is 4.33. The van der Waals surface area contributed by atoms with Gasteiger partial charge in [-0.25, -0.2) is 0 Å². The number of carbonyl (C=O) groups is 1. The van der Waals surface area contributed by atoms with Crippen LogP contribution >= 0.6 is 24.0 Å². The van der Waals surface area contributed by atoms with Gasteiger partial charge in [0.05, 0.1) is 6.04 Å². The van der Waals surface area contributed by atoms with Crippen molar-refractivity contribution in [1.29, 1.82) is 0 Å². The van der Waals surface area contributed by atoms with Gasteiger partial charge in [0, 0.05) is 24.8 Å². The molecule has 0 bridgehead atoms. The van der Waals surface area contributed by atoms with Crippen molar-refractivity contribution in [2.24, 2.45) is 17.8 Å². The molecule has 0 radical (unpaired) electrons. The number of ether oxygens (including phenoxy) is 1. The molecule has 3 aliphatic rings. The predicted octanol–water partition coefficient (Wildman–Crippen LogP) is 4.04. The van der Waals surface area contributed by atoms with E-state index in [4.69, 9.17) is 17.0 Å². The predicted molar refractivity (Wildman–Crippen MR) is 101 cm³/mol. The number of benzene rings is 1. The molecule has 5 heteroatoms. The summed E-state index contributed by atoms with van der Waals surface area (Å²) in [6, 6.07) is 10.8. The smallest absolute Gasteiger partial charge is 0.223 e. The Bertz CT molecular complexity index is 650. The molecule has 0 aromatic heterocycles. The number of thioether (sulfide) groups is 1. The van der Waals surface area contributed by atoms with Crippen LogP contribution < -0.4 is 0 Å². The van der Waals surface area contributed by atoms with E-state index in [1.54, 1.807) is 0 Å². The highest BCUT2D eigenvalue weighted by Crippen LogP contribution is 2.57. The van der Waals surface area contributed by atoms with Gasteiger partial charge in [-0.2, -0.15) is 0 Å². The van der Waals surface area contributed by atoms with Gasteiger partial charge in [-0.05, 0) is 42.3 Å². The van der Waals surface area contributed by atoms with Crippen molar-refractivity contribution < 1.29 is 9.53 Å². The normalized spacial score (nSPS) is 37.4. The molecular formula is C19H23NO2S2. The Balaban J connectivity index is 1.69. The number of amides is 1. The summed E-state index contributed by atoms with van der Waals surface area (Å²) < 4.78 is 6.78. The van der Waals surface area contributed by atoms with Crippen LogP contribution in [0.5, 0.6) is 0 Å². The zero-order valence-electron chi connectivity index (χ0n) is 14.1. The molecule has 2 heterocycles. The van der Waals surface area contributed by atoms with E-state index in [1.165, 1.54) is 17.3 Å². The van der Waals surface area contributed by atoms with Crippen molar-refractivity contribution in [3.8, 4) is 0 Å². The summed E-state index contributed by atoms with van der Waals surface area (Å²) in [5.74, 6) is 1.96. The van der Waals surface area contributed by atoms with E-state index in [-0.39, 0.29) is 12.1 Å². The first-order valence-electron chi connectivity index (χ1n) is 8.72. The van der Waals surface area contributed by atoms with E-state index in [0.29, 0.717) is 40.5 Å². The molecule has 1 amide bonds. The molecule has 1 saturated carbocycles. The maximum absolute atomic E-state index is 12.7. The first-order chi connectivity index (χ1) is 11.6. The van der Waals surface area contributed by atoms with E-state index in [0.717, 1.165) is 12.8 Å². The quantitative estimate of drug-likeness (QED) is 0.744. The second kappa shape index (κ2) is 6.34. The van der Waals surface area contributed by atoms with E-state index in [2.05, 4.69) is 36.1 Å². The number of thiocarbonyl (C=S) groups is 1. The minimum atomic E-state index is 0.116. The van der Waals surface area contributed by atoms with Crippen LogP contribution in [-0.2, 0) is 9.53 Å². The average Bonchev–Trinajstić information content (AvgIpc) is 2.61. The van der Waals surface area contributed by atoms with Gasteiger partial charge < -0.3 is 9.64 Å². The molecule has 0 spiro atoms. The number of piperidine rings is 2. The van der Waals surface area contributed by atoms with Crippen LogP contribution in [0.4, 0.5) is 0 Å². The minimum Gasteiger partial charge on any atom is -0.475 e. The van der Waals surface area contributed by atoms with Gasteiger partial charge in [0.25, 0.3) is 0 Å². The molecular weight excluding hydrogens is 338 g/mol. The van der Waals surface area contributed by atoms with Crippen molar-refractivity contribution >= 4 is 34.3 Å². The maximum atomic E-state index is 12.7. The first kappa shape index (κ1) is 16.4. The third kappa shape index (κ3) is 2.48. The molecule has 128 valence electrons. The van der Waals surface area contributed by atoms with Gasteiger partial charge in [0.1, 0.15) is 6.10 Å². The van der Waals surface area contributed by atoms with E-state index < -0.39 is 0 Å². The number of carbonyl (C=O) groups excluding carboxylic acids is 1. The number of rotatable bonds is 2. The second-order valence-corrected chi connectivity index (χ2v) is 8.61. The van der Waals surface area contributed by atoms with Crippen molar-refractivity contribution in [3.05, 3.63) is 35.9 Å². The topological polar surface area (TPSA) is 29.5 Å². The van der Waals surface area contributed by atoms with Crippen LogP contribution in [0, 0.1) is 17.8 Å². The molecule has 1 aliphatic carbocycles. The molecule has 1 aromatic carbocycles. The molecule has 4 rings (SSSR count). The Morgan fingerprint density at radius 1 is 1.33 bits per heavy atom. The van der Waals surface area contributed by atoms with Crippen LogP contribution in [0.3, 0.4) is 0 Å². The van der Waals surface area contributed by atoms with Gasteiger partial charge >= 0.3 is 0 Å². The van der Waals surface area contributed by atoms with Gasteiger partial charge in [0.15, 0.2) is 0 Å². The molecule has 2 aliphatic heterocycles. The molecule has 6 atom stereocenters. The summed E-state index contributed by atoms with van der Waals surface area (Å²) in [6.07, 6.45) is 4.64. The van der Waals surface area contributed by atoms with Crippen LogP contribution in [0.1, 0.15) is 37.8 Å². The maximum Gasteiger partial charge on any atom is 0.223 e. The Hall–Kier alpha value is -1.07. The van der Waals surface area contributed by atoms with Crippen LogP contribution in [0.15, 0.2) is 30.3 Å². The lowest BCUT2D eigenvalue weighted by Crippen LogP contribution is -2.70. The third-order valence-electron chi connectivity index (χ3n) is 6.24. The average molecular weight is 362 g/mol. The first-order valence-corrected chi connectivity index (χ1v) is 10.4. The van der Waals surface area contributed by atoms with E-state index in [1.807, 2.05) is 12.3 Å². The highest BCUT2D eigenvalue weighted by atomic mass is 32.2. The van der Waals surface area contributed by atoms with Gasteiger partial charge in [0.2, 0.25) is 10.3 Å². The second-order valence-electron chi connectivity index (χ2n) is 7.20. The zero-order chi connectivity index (χ0) is 16.8. The lowest BCUT2D eigenvalue weighted by molar-refractivity contribution is -0.193. The SMILES string of the molecule is CSC(=S)OC1C[C@@H](c2ccccc2)N2C(=O)CC[C@@H]3[C@@H](C)[C@H]1[C@@H]32. The lowest BCUT2D eigenvalue weighted by Gasteiger charge is -2.64. The van der Waals surface area contributed by atoms with Crippen LogP contribution in [0.2, 0.25) is 0 Å². The molecule has 24 heavy (non-hydrogen) atoms. The van der Waals surface area contributed by atoms with Crippen molar-refractivity contribution in [1.82, 2.24) is 4.90 Å². The largest absolute Gasteiger partial charge is 0.475 e. The summed E-state index contributed by atoms with van der Waals surface area (Å²) in [6.45, 7) is 2.32. The zero-order valence-corrected chi connectivity index (χ0v) is 15.7. The monoisotopic (exact) mass is 361 g/mol. The molecule has 0 N–H and O–H groups in total. The van der Waals surface area contributed by atoms with Gasteiger partial charge in [-0.1, -0.05) is 49.0 Å². The molecule has 2 saturated heterocycles. The van der Waals surface area contributed by atoms with Gasteiger partial charge in [-0.15, -0.1) is 0 Å². The summed E-state index contributed by atoms with van der Waals surface area (Å²) >= 11 is 6.83. The summed E-state index contributed by atoms with van der Waals surface area (Å²) in [4.78, 5) is 14.9. The fourth-order valence-electron chi connectivity index (χ4n) is 5.16. The highest BCUT2D eigenvalue weighted by molar-refractivity contribution is 8.22.